The van der Waals surface area contributed by atoms with Crippen LogP contribution in [0.15, 0.2) is 28.7 Å². The largest absolute Gasteiger partial charge is 0.459 e. The Balaban J connectivity index is 2.12. The van der Waals surface area contributed by atoms with Crippen molar-refractivity contribution in [2.75, 3.05) is 0 Å². The summed E-state index contributed by atoms with van der Waals surface area (Å²) in [5.74, 6) is 6.44. The van der Waals surface area contributed by atoms with Crippen LogP contribution in [0.3, 0.4) is 0 Å². The summed E-state index contributed by atoms with van der Waals surface area (Å²) in [7, 11) is 0. The lowest BCUT2D eigenvalue weighted by atomic mass is 10.1. The SMILES string of the molecule is Cc1nnsc1C(NN)c1cc2cccc(C)c2o1. The molecule has 0 saturated carbocycles. The summed E-state index contributed by atoms with van der Waals surface area (Å²) in [4.78, 5) is 0.971. The Morgan fingerprint density at radius 1 is 1.37 bits per heavy atom. The molecule has 0 saturated heterocycles. The predicted octanol–water partition coefficient (Wildman–Crippen LogP) is 2.45. The molecule has 0 bridgehead atoms. The molecule has 0 aliphatic rings. The van der Waals surface area contributed by atoms with Crippen LogP contribution in [-0.2, 0) is 0 Å². The molecule has 0 fully saturated rings. The molecular weight excluding hydrogens is 260 g/mol. The second kappa shape index (κ2) is 4.73. The predicted molar refractivity (Wildman–Crippen MR) is 74.8 cm³/mol. The third-order valence-corrected chi connectivity index (χ3v) is 4.05. The van der Waals surface area contributed by atoms with E-state index in [0.29, 0.717) is 0 Å². The zero-order valence-electron chi connectivity index (χ0n) is 10.7. The fourth-order valence-corrected chi connectivity index (χ4v) is 2.87. The standard InChI is InChI=1S/C13H14N4OS/c1-7-4-3-5-9-6-10(18-12(7)9)11(15-14)13-8(2)16-17-19-13/h3-6,11,15H,14H2,1-2H3. The van der Waals surface area contributed by atoms with Crippen molar-refractivity contribution in [3.63, 3.8) is 0 Å². The van der Waals surface area contributed by atoms with Crippen LogP contribution in [0.4, 0.5) is 0 Å². The van der Waals surface area contributed by atoms with E-state index in [0.717, 1.165) is 32.9 Å². The molecule has 2 heterocycles. The van der Waals surface area contributed by atoms with Crippen molar-refractivity contribution in [1.29, 1.82) is 0 Å². The van der Waals surface area contributed by atoms with Gasteiger partial charge >= 0.3 is 0 Å². The minimum Gasteiger partial charge on any atom is -0.459 e. The molecule has 0 aliphatic carbocycles. The Bertz CT molecular complexity index is 718. The third-order valence-electron chi connectivity index (χ3n) is 3.16. The summed E-state index contributed by atoms with van der Waals surface area (Å²) in [6.45, 7) is 3.94. The molecule has 3 rings (SSSR count). The van der Waals surface area contributed by atoms with Crippen LogP contribution < -0.4 is 11.3 Å². The molecule has 6 heteroatoms. The summed E-state index contributed by atoms with van der Waals surface area (Å²) >= 11 is 1.33. The van der Waals surface area contributed by atoms with Gasteiger partial charge in [0.2, 0.25) is 0 Å². The van der Waals surface area contributed by atoms with Gasteiger partial charge < -0.3 is 4.42 Å². The van der Waals surface area contributed by atoms with E-state index in [1.54, 1.807) is 0 Å². The van der Waals surface area contributed by atoms with Gasteiger partial charge in [-0.25, -0.2) is 5.43 Å². The fraction of sp³-hybridized carbons (Fsp3) is 0.231. The monoisotopic (exact) mass is 274 g/mol. The van der Waals surface area contributed by atoms with Gasteiger partial charge in [-0.1, -0.05) is 22.7 Å². The molecular formula is C13H14N4OS. The Labute approximate surface area is 114 Å². The van der Waals surface area contributed by atoms with E-state index < -0.39 is 0 Å². The van der Waals surface area contributed by atoms with E-state index in [9.17, 15) is 0 Å². The Morgan fingerprint density at radius 3 is 2.84 bits per heavy atom. The Morgan fingerprint density at radius 2 is 2.21 bits per heavy atom. The van der Waals surface area contributed by atoms with Gasteiger partial charge in [0.1, 0.15) is 17.4 Å². The van der Waals surface area contributed by atoms with Gasteiger partial charge in [-0.2, -0.15) is 0 Å². The van der Waals surface area contributed by atoms with Crippen molar-refractivity contribution in [1.82, 2.24) is 15.0 Å². The van der Waals surface area contributed by atoms with Gasteiger partial charge in [0.15, 0.2) is 0 Å². The van der Waals surface area contributed by atoms with Crippen LogP contribution in [0, 0.1) is 13.8 Å². The van der Waals surface area contributed by atoms with E-state index in [2.05, 4.69) is 15.0 Å². The molecule has 98 valence electrons. The maximum Gasteiger partial charge on any atom is 0.137 e. The highest BCUT2D eigenvalue weighted by atomic mass is 32.1. The molecule has 1 unspecified atom stereocenters. The fourth-order valence-electron chi connectivity index (χ4n) is 2.16. The summed E-state index contributed by atoms with van der Waals surface area (Å²) in [5, 5.41) is 5.09. The average Bonchev–Trinajstić information content (AvgIpc) is 2.99. The highest BCUT2D eigenvalue weighted by molar-refractivity contribution is 7.05. The number of nitrogens with two attached hydrogens (primary N) is 1. The highest BCUT2D eigenvalue weighted by Crippen LogP contribution is 2.31. The molecule has 0 spiro atoms. The molecule has 0 radical (unpaired) electrons. The molecule has 2 aromatic heterocycles. The van der Waals surface area contributed by atoms with E-state index in [1.165, 1.54) is 11.5 Å². The molecule has 19 heavy (non-hydrogen) atoms. The third kappa shape index (κ3) is 2.03. The van der Waals surface area contributed by atoms with Crippen molar-refractivity contribution >= 4 is 22.5 Å². The van der Waals surface area contributed by atoms with Gasteiger partial charge in [0.05, 0.1) is 10.6 Å². The Kier molecular flexibility index (Phi) is 3.06. The quantitative estimate of drug-likeness (QED) is 0.566. The van der Waals surface area contributed by atoms with E-state index in [-0.39, 0.29) is 6.04 Å². The van der Waals surface area contributed by atoms with Crippen LogP contribution >= 0.6 is 11.5 Å². The summed E-state index contributed by atoms with van der Waals surface area (Å²) < 4.78 is 9.88. The van der Waals surface area contributed by atoms with Gasteiger partial charge in [0.25, 0.3) is 0 Å². The number of fused-ring (bicyclic) bond motifs is 1. The van der Waals surface area contributed by atoms with Gasteiger partial charge in [-0.15, -0.1) is 5.10 Å². The zero-order valence-corrected chi connectivity index (χ0v) is 11.5. The molecule has 5 nitrogen and oxygen atoms in total. The normalized spacial score (nSPS) is 13.0. The van der Waals surface area contributed by atoms with Crippen LogP contribution in [0.25, 0.3) is 11.0 Å². The number of para-hydroxylation sites is 1. The van der Waals surface area contributed by atoms with Crippen molar-refractivity contribution in [2.24, 2.45) is 5.84 Å². The topological polar surface area (TPSA) is 77.0 Å². The molecule has 3 N–H and O–H groups in total. The Hall–Kier alpha value is -1.76. The number of hydrogen-bond donors (Lipinski definition) is 2. The lowest BCUT2D eigenvalue weighted by Crippen LogP contribution is -2.28. The number of aromatic nitrogens is 2. The van der Waals surface area contributed by atoms with E-state index in [4.69, 9.17) is 10.3 Å². The first-order valence-corrected chi connectivity index (χ1v) is 6.72. The first kappa shape index (κ1) is 12.3. The van der Waals surface area contributed by atoms with E-state index in [1.807, 2.05) is 38.1 Å². The average molecular weight is 274 g/mol. The molecule has 3 aromatic rings. The maximum atomic E-state index is 5.94. The second-order valence-corrected chi connectivity index (χ2v) is 5.25. The lowest BCUT2D eigenvalue weighted by molar-refractivity contribution is 0.479. The van der Waals surface area contributed by atoms with Crippen LogP contribution in [0.5, 0.6) is 0 Å². The summed E-state index contributed by atoms with van der Waals surface area (Å²) in [5.41, 5.74) is 5.65. The van der Waals surface area contributed by atoms with Crippen molar-refractivity contribution in [3.05, 3.63) is 46.2 Å². The minimum absolute atomic E-state index is 0.216. The molecule has 0 aliphatic heterocycles. The van der Waals surface area contributed by atoms with E-state index >= 15 is 0 Å². The number of aryl methyl sites for hydroxylation is 2. The molecule has 1 aromatic carbocycles. The van der Waals surface area contributed by atoms with Gasteiger partial charge in [0, 0.05) is 5.39 Å². The maximum absolute atomic E-state index is 5.94. The number of hydrazine groups is 1. The van der Waals surface area contributed by atoms with Crippen LogP contribution in [0.2, 0.25) is 0 Å². The number of nitrogens with one attached hydrogen (secondary N) is 1. The number of hydrogen-bond acceptors (Lipinski definition) is 6. The highest BCUT2D eigenvalue weighted by Gasteiger charge is 2.22. The van der Waals surface area contributed by atoms with Crippen LogP contribution in [-0.4, -0.2) is 9.59 Å². The number of furan rings is 1. The smallest absolute Gasteiger partial charge is 0.137 e. The number of rotatable bonds is 3. The first-order valence-electron chi connectivity index (χ1n) is 5.94. The summed E-state index contributed by atoms with van der Waals surface area (Å²) in [6.07, 6.45) is 0. The van der Waals surface area contributed by atoms with Crippen molar-refractivity contribution < 1.29 is 4.42 Å². The lowest BCUT2D eigenvalue weighted by Gasteiger charge is -2.10. The number of benzene rings is 1. The zero-order chi connectivity index (χ0) is 13.4. The van der Waals surface area contributed by atoms with Gasteiger partial charge in [-0.05, 0) is 37.0 Å². The first-order chi connectivity index (χ1) is 9.20. The molecule has 1 atom stereocenters. The summed E-state index contributed by atoms with van der Waals surface area (Å²) in [6, 6.07) is 7.86. The second-order valence-electron chi connectivity index (χ2n) is 4.46. The van der Waals surface area contributed by atoms with Crippen molar-refractivity contribution in [2.45, 2.75) is 19.9 Å². The molecule has 0 amide bonds. The number of nitrogens with zero attached hydrogens (tertiary/aromatic N) is 2. The van der Waals surface area contributed by atoms with Crippen molar-refractivity contribution in [3.8, 4) is 0 Å². The van der Waals surface area contributed by atoms with Crippen LogP contribution in [0.1, 0.15) is 27.9 Å². The minimum atomic E-state index is -0.216. The van der Waals surface area contributed by atoms with Gasteiger partial charge in [-0.3, -0.25) is 5.84 Å².